The topological polar surface area (TPSA) is 49.8 Å². The molecule has 0 fully saturated rings. The van der Waals surface area contributed by atoms with Crippen molar-refractivity contribution in [2.24, 2.45) is 5.92 Å². The van der Waals surface area contributed by atoms with Crippen LogP contribution in [0.1, 0.15) is 25.2 Å². The Bertz CT molecular complexity index is 599. The zero-order valence-corrected chi connectivity index (χ0v) is 13.4. The van der Waals surface area contributed by atoms with E-state index in [-0.39, 0.29) is 0 Å². The molecule has 1 aromatic carbocycles. The maximum absolute atomic E-state index is 6.15. The molecule has 5 heteroatoms. The van der Waals surface area contributed by atoms with Gasteiger partial charge in [0.05, 0.1) is 0 Å². The molecule has 0 radical (unpaired) electrons. The van der Waals surface area contributed by atoms with Gasteiger partial charge in [-0.25, -0.2) is 9.97 Å². The summed E-state index contributed by atoms with van der Waals surface area (Å²) >= 11 is 6.15. The van der Waals surface area contributed by atoms with E-state index in [9.17, 15) is 0 Å². The quantitative estimate of drug-likeness (QED) is 0.843. The first-order valence-electron chi connectivity index (χ1n) is 7.11. The summed E-state index contributed by atoms with van der Waals surface area (Å²) in [5, 5.41) is 7.37. The standard InChI is InChI=1S/C16H21ClN4/c1-11(2)9-18-15-8-16(21-12(3)20-15)19-10-13-6-4-5-7-14(13)17/h4-8,11H,9-10H2,1-3H3,(H2,18,19,20,21). The zero-order valence-electron chi connectivity index (χ0n) is 12.7. The normalized spacial score (nSPS) is 10.7. The number of anilines is 2. The molecule has 0 atom stereocenters. The summed E-state index contributed by atoms with van der Waals surface area (Å²) in [6.45, 7) is 7.75. The van der Waals surface area contributed by atoms with E-state index in [1.807, 2.05) is 37.3 Å². The van der Waals surface area contributed by atoms with E-state index in [0.717, 1.165) is 34.6 Å². The molecular weight excluding hydrogens is 284 g/mol. The van der Waals surface area contributed by atoms with Gasteiger partial charge < -0.3 is 10.6 Å². The van der Waals surface area contributed by atoms with Crippen LogP contribution in [0.2, 0.25) is 5.02 Å². The summed E-state index contributed by atoms with van der Waals surface area (Å²) < 4.78 is 0. The molecule has 0 aliphatic carbocycles. The van der Waals surface area contributed by atoms with E-state index < -0.39 is 0 Å². The first-order valence-corrected chi connectivity index (χ1v) is 7.49. The molecule has 2 aromatic rings. The van der Waals surface area contributed by atoms with Crippen LogP contribution >= 0.6 is 11.6 Å². The van der Waals surface area contributed by atoms with Crippen LogP contribution in [0.3, 0.4) is 0 Å². The SMILES string of the molecule is Cc1nc(NCc2ccccc2Cl)cc(NCC(C)C)n1. The Kier molecular flexibility index (Phi) is 5.39. The van der Waals surface area contributed by atoms with Gasteiger partial charge in [-0.1, -0.05) is 43.6 Å². The molecule has 0 spiro atoms. The fraction of sp³-hybridized carbons (Fsp3) is 0.375. The predicted octanol–water partition coefficient (Wildman–Crippen LogP) is 4.12. The van der Waals surface area contributed by atoms with Crippen molar-refractivity contribution in [3.8, 4) is 0 Å². The van der Waals surface area contributed by atoms with E-state index >= 15 is 0 Å². The van der Waals surface area contributed by atoms with Gasteiger partial charge in [0.2, 0.25) is 0 Å². The lowest BCUT2D eigenvalue weighted by molar-refractivity contribution is 0.686. The highest BCUT2D eigenvalue weighted by Gasteiger charge is 2.04. The summed E-state index contributed by atoms with van der Waals surface area (Å²) in [6.07, 6.45) is 0. The minimum Gasteiger partial charge on any atom is -0.370 e. The Hall–Kier alpha value is -1.81. The van der Waals surface area contributed by atoms with Crippen LogP contribution in [0.15, 0.2) is 30.3 Å². The van der Waals surface area contributed by atoms with Gasteiger partial charge in [-0.3, -0.25) is 0 Å². The molecule has 112 valence electrons. The summed E-state index contributed by atoms with van der Waals surface area (Å²) in [7, 11) is 0. The van der Waals surface area contributed by atoms with Crippen LogP contribution in [0, 0.1) is 12.8 Å². The molecule has 0 aliphatic rings. The Balaban J connectivity index is 2.04. The number of hydrogen-bond donors (Lipinski definition) is 2. The number of hydrogen-bond acceptors (Lipinski definition) is 4. The third-order valence-electron chi connectivity index (χ3n) is 2.95. The summed E-state index contributed by atoms with van der Waals surface area (Å²) in [6, 6.07) is 9.71. The maximum atomic E-state index is 6.15. The van der Waals surface area contributed by atoms with Crippen molar-refractivity contribution in [1.82, 2.24) is 9.97 Å². The number of benzene rings is 1. The molecular formula is C16H21ClN4. The smallest absolute Gasteiger partial charge is 0.132 e. The lowest BCUT2D eigenvalue weighted by Crippen LogP contribution is -2.11. The van der Waals surface area contributed by atoms with Crippen molar-refractivity contribution in [1.29, 1.82) is 0 Å². The highest BCUT2D eigenvalue weighted by Crippen LogP contribution is 2.17. The van der Waals surface area contributed by atoms with Crippen LogP contribution in [0.25, 0.3) is 0 Å². The highest BCUT2D eigenvalue weighted by molar-refractivity contribution is 6.31. The summed E-state index contributed by atoms with van der Waals surface area (Å²) in [4.78, 5) is 8.79. The summed E-state index contributed by atoms with van der Waals surface area (Å²) in [5.41, 5.74) is 1.05. The molecule has 0 saturated carbocycles. The Labute approximate surface area is 131 Å². The second-order valence-corrected chi connectivity index (χ2v) is 5.81. The maximum Gasteiger partial charge on any atom is 0.132 e. The van der Waals surface area contributed by atoms with E-state index in [0.29, 0.717) is 12.5 Å². The van der Waals surface area contributed by atoms with Crippen molar-refractivity contribution in [3.05, 3.63) is 46.7 Å². The minimum absolute atomic E-state index is 0.569. The van der Waals surface area contributed by atoms with Crippen molar-refractivity contribution < 1.29 is 0 Å². The average Bonchev–Trinajstić information content (AvgIpc) is 2.44. The van der Waals surface area contributed by atoms with Crippen molar-refractivity contribution in [2.75, 3.05) is 17.2 Å². The van der Waals surface area contributed by atoms with Crippen LogP contribution in [-0.4, -0.2) is 16.5 Å². The first-order chi connectivity index (χ1) is 10.0. The van der Waals surface area contributed by atoms with E-state index in [1.165, 1.54) is 0 Å². The lowest BCUT2D eigenvalue weighted by Gasteiger charge is -2.12. The highest BCUT2D eigenvalue weighted by atomic mass is 35.5. The largest absolute Gasteiger partial charge is 0.370 e. The van der Waals surface area contributed by atoms with Gasteiger partial charge in [-0.2, -0.15) is 0 Å². The number of nitrogens with zero attached hydrogens (tertiary/aromatic N) is 2. The van der Waals surface area contributed by atoms with Crippen molar-refractivity contribution in [3.63, 3.8) is 0 Å². The van der Waals surface area contributed by atoms with Crippen LogP contribution < -0.4 is 10.6 Å². The average molecular weight is 305 g/mol. The Morgan fingerprint density at radius 2 is 1.76 bits per heavy atom. The Morgan fingerprint density at radius 1 is 1.10 bits per heavy atom. The lowest BCUT2D eigenvalue weighted by atomic mass is 10.2. The zero-order chi connectivity index (χ0) is 15.2. The van der Waals surface area contributed by atoms with Gasteiger partial charge in [-0.05, 0) is 24.5 Å². The van der Waals surface area contributed by atoms with Crippen LogP contribution in [0.4, 0.5) is 11.6 Å². The van der Waals surface area contributed by atoms with Gasteiger partial charge in [0, 0.05) is 24.2 Å². The fourth-order valence-corrected chi connectivity index (χ4v) is 2.09. The van der Waals surface area contributed by atoms with Gasteiger partial charge in [-0.15, -0.1) is 0 Å². The third kappa shape index (κ3) is 4.90. The van der Waals surface area contributed by atoms with Gasteiger partial charge in [0.1, 0.15) is 17.5 Å². The van der Waals surface area contributed by atoms with E-state index in [2.05, 4.69) is 34.4 Å². The molecule has 0 unspecified atom stereocenters. The van der Waals surface area contributed by atoms with Gasteiger partial charge in [0.15, 0.2) is 0 Å². The first kappa shape index (κ1) is 15.6. The minimum atomic E-state index is 0.569. The monoisotopic (exact) mass is 304 g/mol. The molecule has 2 N–H and O–H groups in total. The fourth-order valence-electron chi connectivity index (χ4n) is 1.89. The predicted molar refractivity (Wildman–Crippen MR) is 88.9 cm³/mol. The van der Waals surface area contributed by atoms with Crippen molar-refractivity contribution >= 4 is 23.2 Å². The molecule has 21 heavy (non-hydrogen) atoms. The van der Waals surface area contributed by atoms with Gasteiger partial charge >= 0.3 is 0 Å². The number of nitrogens with one attached hydrogen (secondary N) is 2. The van der Waals surface area contributed by atoms with E-state index in [1.54, 1.807) is 0 Å². The number of aromatic nitrogens is 2. The van der Waals surface area contributed by atoms with Crippen molar-refractivity contribution in [2.45, 2.75) is 27.3 Å². The molecule has 0 saturated heterocycles. The molecule has 2 rings (SSSR count). The second kappa shape index (κ2) is 7.27. The third-order valence-corrected chi connectivity index (χ3v) is 3.32. The number of aryl methyl sites for hydroxylation is 1. The molecule has 0 bridgehead atoms. The molecule has 0 amide bonds. The van der Waals surface area contributed by atoms with Crippen LogP contribution in [-0.2, 0) is 6.54 Å². The molecule has 0 aliphatic heterocycles. The molecule has 4 nitrogen and oxygen atoms in total. The second-order valence-electron chi connectivity index (χ2n) is 5.41. The molecule has 1 heterocycles. The van der Waals surface area contributed by atoms with E-state index in [4.69, 9.17) is 11.6 Å². The summed E-state index contributed by atoms with van der Waals surface area (Å²) in [5.74, 6) is 2.96. The van der Waals surface area contributed by atoms with Gasteiger partial charge in [0.25, 0.3) is 0 Å². The number of halogens is 1. The molecule has 1 aromatic heterocycles. The van der Waals surface area contributed by atoms with Crippen LogP contribution in [0.5, 0.6) is 0 Å². The number of rotatable bonds is 6. The Morgan fingerprint density at radius 3 is 2.43 bits per heavy atom.